The molecule has 5 heteroatoms. The van der Waals surface area contributed by atoms with Crippen LogP contribution in [0.4, 0.5) is 5.69 Å². The number of carbonyl (C=O) groups is 1. The molecule has 0 saturated heterocycles. The van der Waals surface area contributed by atoms with Crippen LogP contribution in [-0.4, -0.2) is 24.0 Å². The average Bonchev–Trinajstić information content (AvgIpc) is 2.55. The fourth-order valence-corrected chi connectivity index (χ4v) is 2.51. The Balaban J connectivity index is 3.13. The smallest absolute Gasteiger partial charge is 0.240 e. The van der Waals surface area contributed by atoms with Crippen LogP contribution in [0.3, 0.4) is 0 Å². The van der Waals surface area contributed by atoms with Crippen molar-refractivity contribution >= 4 is 17.4 Å². The standard InChI is InChI=1S/C16H25N3O2/c1-5-12-8-10-13(11-9-12)19(4)15(20)16(6-2,7-3)14(17)18-21/h8-11,21H,5-7H2,1-4H3,(H2,17,18). The summed E-state index contributed by atoms with van der Waals surface area (Å²) in [4.78, 5) is 14.4. The van der Waals surface area contributed by atoms with Crippen molar-refractivity contribution in [3.63, 3.8) is 0 Å². The SMILES string of the molecule is CCc1ccc(N(C)C(=O)C(CC)(CC)C(N)=NO)cc1. The van der Waals surface area contributed by atoms with Crippen molar-refractivity contribution in [3.05, 3.63) is 29.8 Å². The number of amidine groups is 1. The monoisotopic (exact) mass is 291 g/mol. The Morgan fingerprint density at radius 3 is 2.14 bits per heavy atom. The molecule has 0 bridgehead atoms. The second kappa shape index (κ2) is 7.11. The van der Waals surface area contributed by atoms with Crippen molar-refractivity contribution in [2.24, 2.45) is 16.3 Å². The average molecular weight is 291 g/mol. The first-order valence-electron chi connectivity index (χ1n) is 7.31. The van der Waals surface area contributed by atoms with Gasteiger partial charge < -0.3 is 15.8 Å². The molecule has 5 nitrogen and oxygen atoms in total. The van der Waals surface area contributed by atoms with Gasteiger partial charge in [0, 0.05) is 12.7 Å². The van der Waals surface area contributed by atoms with E-state index in [0.717, 1.165) is 12.1 Å². The first-order valence-corrected chi connectivity index (χ1v) is 7.31. The van der Waals surface area contributed by atoms with Crippen LogP contribution < -0.4 is 10.6 Å². The molecular weight excluding hydrogens is 266 g/mol. The number of oxime groups is 1. The topological polar surface area (TPSA) is 78.9 Å². The Morgan fingerprint density at radius 2 is 1.76 bits per heavy atom. The van der Waals surface area contributed by atoms with Crippen LogP contribution in [0.5, 0.6) is 0 Å². The van der Waals surface area contributed by atoms with E-state index in [1.54, 1.807) is 11.9 Å². The number of benzene rings is 1. The molecule has 1 amide bonds. The Hall–Kier alpha value is -2.04. The van der Waals surface area contributed by atoms with Crippen LogP contribution in [0.15, 0.2) is 29.4 Å². The Morgan fingerprint density at radius 1 is 1.24 bits per heavy atom. The van der Waals surface area contributed by atoms with E-state index in [1.165, 1.54) is 5.56 Å². The fraction of sp³-hybridized carbons (Fsp3) is 0.500. The van der Waals surface area contributed by atoms with Crippen molar-refractivity contribution in [1.29, 1.82) is 0 Å². The zero-order valence-electron chi connectivity index (χ0n) is 13.3. The van der Waals surface area contributed by atoms with E-state index in [2.05, 4.69) is 12.1 Å². The molecule has 0 fully saturated rings. The highest BCUT2D eigenvalue weighted by molar-refractivity contribution is 6.12. The van der Waals surface area contributed by atoms with Crippen molar-refractivity contribution in [2.75, 3.05) is 11.9 Å². The Bertz CT molecular complexity index is 505. The van der Waals surface area contributed by atoms with Gasteiger partial charge >= 0.3 is 0 Å². The molecule has 0 aliphatic carbocycles. The number of carbonyl (C=O) groups excluding carboxylic acids is 1. The van der Waals surface area contributed by atoms with Crippen LogP contribution in [0.25, 0.3) is 0 Å². The normalized spacial score (nSPS) is 12.3. The van der Waals surface area contributed by atoms with E-state index in [1.807, 2.05) is 38.1 Å². The summed E-state index contributed by atoms with van der Waals surface area (Å²) in [7, 11) is 1.72. The first kappa shape index (κ1) is 17.0. The molecule has 0 saturated carbocycles. The molecule has 0 unspecified atom stereocenters. The second-order valence-corrected chi connectivity index (χ2v) is 5.16. The fourth-order valence-electron chi connectivity index (χ4n) is 2.51. The largest absolute Gasteiger partial charge is 0.409 e. The molecule has 0 radical (unpaired) electrons. The van der Waals surface area contributed by atoms with E-state index in [0.29, 0.717) is 12.8 Å². The number of rotatable bonds is 6. The van der Waals surface area contributed by atoms with Crippen molar-refractivity contribution in [2.45, 2.75) is 40.0 Å². The molecule has 0 atom stereocenters. The molecule has 1 aromatic rings. The molecule has 3 N–H and O–H groups in total. The molecule has 0 spiro atoms. The number of hydrogen-bond acceptors (Lipinski definition) is 3. The van der Waals surface area contributed by atoms with Crippen molar-refractivity contribution in [3.8, 4) is 0 Å². The minimum Gasteiger partial charge on any atom is -0.409 e. The van der Waals surface area contributed by atoms with E-state index < -0.39 is 5.41 Å². The molecule has 0 aromatic heterocycles. The van der Waals surface area contributed by atoms with Gasteiger partial charge in [0.15, 0.2) is 5.84 Å². The molecular formula is C16H25N3O2. The molecule has 0 heterocycles. The van der Waals surface area contributed by atoms with Gasteiger partial charge in [-0.15, -0.1) is 0 Å². The third kappa shape index (κ3) is 3.17. The summed E-state index contributed by atoms with van der Waals surface area (Å²) in [5.41, 5.74) is 6.84. The highest BCUT2D eigenvalue weighted by atomic mass is 16.4. The van der Waals surface area contributed by atoms with Crippen LogP contribution in [0.2, 0.25) is 0 Å². The van der Waals surface area contributed by atoms with Gasteiger partial charge in [-0.25, -0.2) is 0 Å². The predicted octanol–water partition coefficient (Wildman–Crippen LogP) is 2.76. The first-order chi connectivity index (χ1) is 9.96. The van der Waals surface area contributed by atoms with Crippen LogP contribution in [-0.2, 0) is 11.2 Å². The third-order valence-electron chi connectivity index (χ3n) is 4.25. The summed E-state index contributed by atoms with van der Waals surface area (Å²) in [6.07, 6.45) is 1.92. The zero-order chi connectivity index (χ0) is 16.0. The summed E-state index contributed by atoms with van der Waals surface area (Å²) in [5, 5.41) is 12.1. The number of amides is 1. The minimum absolute atomic E-state index is 0.0328. The highest BCUT2D eigenvalue weighted by Crippen LogP contribution is 2.31. The number of hydrogen-bond donors (Lipinski definition) is 2. The van der Waals surface area contributed by atoms with E-state index in [4.69, 9.17) is 10.9 Å². The van der Waals surface area contributed by atoms with Gasteiger partial charge in [-0.2, -0.15) is 0 Å². The molecule has 21 heavy (non-hydrogen) atoms. The molecule has 0 aliphatic heterocycles. The summed E-state index contributed by atoms with van der Waals surface area (Å²) >= 11 is 0. The zero-order valence-corrected chi connectivity index (χ0v) is 13.3. The van der Waals surface area contributed by atoms with Gasteiger partial charge in [0.25, 0.3) is 0 Å². The number of aryl methyl sites for hydroxylation is 1. The minimum atomic E-state index is -0.965. The highest BCUT2D eigenvalue weighted by Gasteiger charge is 2.42. The van der Waals surface area contributed by atoms with Gasteiger partial charge in [-0.05, 0) is 37.0 Å². The van der Waals surface area contributed by atoms with Crippen molar-refractivity contribution < 1.29 is 10.0 Å². The van der Waals surface area contributed by atoms with Gasteiger partial charge in [0.1, 0.15) is 5.41 Å². The summed E-state index contributed by atoms with van der Waals surface area (Å²) < 4.78 is 0. The van der Waals surface area contributed by atoms with E-state index in [-0.39, 0.29) is 11.7 Å². The van der Waals surface area contributed by atoms with E-state index >= 15 is 0 Å². The lowest BCUT2D eigenvalue weighted by Gasteiger charge is -2.33. The lowest BCUT2D eigenvalue weighted by molar-refractivity contribution is -0.125. The van der Waals surface area contributed by atoms with Crippen molar-refractivity contribution in [1.82, 2.24) is 0 Å². The number of nitrogens with zero attached hydrogens (tertiary/aromatic N) is 2. The van der Waals surface area contributed by atoms with Gasteiger partial charge in [0.2, 0.25) is 5.91 Å². The van der Waals surface area contributed by atoms with E-state index in [9.17, 15) is 4.79 Å². The number of nitrogens with two attached hydrogens (primary N) is 1. The molecule has 116 valence electrons. The van der Waals surface area contributed by atoms with Crippen LogP contribution >= 0.6 is 0 Å². The van der Waals surface area contributed by atoms with Gasteiger partial charge in [-0.3, -0.25) is 4.79 Å². The maximum absolute atomic E-state index is 12.8. The summed E-state index contributed by atoms with van der Waals surface area (Å²) in [6, 6.07) is 7.84. The van der Waals surface area contributed by atoms with Crippen LogP contribution in [0, 0.1) is 5.41 Å². The number of anilines is 1. The van der Waals surface area contributed by atoms with Gasteiger partial charge in [0.05, 0.1) is 0 Å². The van der Waals surface area contributed by atoms with Crippen LogP contribution in [0.1, 0.15) is 39.2 Å². The molecule has 0 aliphatic rings. The summed E-state index contributed by atoms with van der Waals surface area (Å²) in [5.74, 6) is -0.193. The lowest BCUT2D eigenvalue weighted by Crippen LogP contribution is -2.50. The second-order valence-electron chi connectivity index (χ2n) is 5.16. The lowest BCUT2D eigenvalue weighted by atomic mass is 9.79. The maximum Gasteiger partial charge on any atom is 0.240 e. The third-order valence-corrected chi connectivity index (χ3v) is 4.25. The summed E-state index contributed by atoms with van der Waals surface area (Å²) in [6.45, 7) is 5.82. The molecule has 1 rings (SSSR count). The van der Waals surface area contributed by atoms with Gasteiger partial charge in [-0.1, -0.05) is 38.1 Å². The Kier molecular flexibility index (Phi) is 5.76. The predicted molar refractivity (Wildman–Crippen MR) is 85.7 cm³/mol. The quantitative estimate of drug-likeness (QED) is 0.366. The Labute approximate surface area is 126 Å². The maximum atomic E-state index is 12.8. The molecule has 1 aromatic carbocycles.